The molecular weight excluding hydrogens is 328 g/mol. The summed E-state index contributed by atoms with van der Waals surface area (Å²) in [4.78, 5) is 0. The molecule has 0 N–H and O–H groups in total. The average molecular weight is 336 g/mol. The van der Waals surface area contributed by atoms with Crippen molar-refractivity contribution < 1.29 is 0 Å². The van der Waals surface area contributed by atoms with Gasteiger partial charge in [-0.3, -0.25) is 0 Å². The highest BCUT2D eigenvalue weighted by atomic mass is 79.9. The predicted octanol–water partition coefficient (Wildman–Crippen LogP) is 3.75. The summed E-state index contributed by atoms with van der Waals surface area (Å²) in [5.74, 6) is 0.670. The summed E-state index contributed by atoms with van der Waals surface area (Å²) < 4.78 is 2.53. The van der Waals surface area contributed by atoms with Gasteiger partial charge in [0.25, 0.3) is 0 Å². The van der Waals surface area contributed by atoms with Crippen LogP contribution in [0.1, 0.15) is 0 Å². The molecule has 19 heavy (non-hydrogen) atoms. The van der Waals surface area contributed by atoms with Gasteiger partial charge in [0.15, 0.2) is 5.82 Å². The quantitative estimate of drug-likeness (QED) is 0.716. The van der Waals surface area contributed by atoms with Crippen LogP contribution >= 0.6 is 27.5 Å². The van der Waals surface area contributed by atoms with Crippen molar-refractivity contribution in [2.75, 3.05) is 0 Å². The topological polar surface area (TPSA) is 43.6 Å². The molecular formula is C13H8BrClN4. The number of rotatable bonds is 2. The molecule has 1 heterocycles. The molecule has 94 valence electrons. The van der Waals surface area contributed by atoms with Gasteiger partial charge in [-0.05, 0) is 44.6 Å². The highest BCUT2D eigenvalue weighted by molar-refractivity contribution is 9.10. The van der Waals surface area contributed by atoms with Gasteiger partial charge >= 0.3 is 0 Å². The van der Waals surface area contributed by atoms with E-state index in [0.29, 0.717) is 10.8 Å². The molecule has 6 heteroatoms. The van der Waals surface area contributed by atoms with Crippen molar-refractivity contribution in [3.05, 3.63) is 58.0 Å². The van der Waals surface area contributed by atoms with Crippen LogP contribution in [0.5, 0.6) is 0 Å². The first-order chi connectivity index (χ1) is 9.25. The van der Waals surface area contributed by atoms with Crippen LogP contribution in [0, 0.1) is 0 Å². The molecule has 0 unspecified atom stereocenters. The van der Waals surface area contributed by atoms with Crippen molar-refractivity contribution in [3.63, 3.8) is 0 Å². The van der Waals surface area contributed by atoms with Gasteiger partial charge in [0.1, 0.15) is 0 Å². The monoisotopic (exact) mass is 334 g/mol. The fraction of sp³-hybridized carbons (Fsp3) is 0. The molecule has 3 aromatic rings. The van der Waals surface area contributed by atoms with Crippen molar-refractivity contribution >= 4 is 27.5 Å². The first kappa shape index (κ1) is 12.3. The number of halogens is 2. The number of hydrogen-bond acceptors (Lipinski definition) is 3. The predicted molar refractivity (Wildman–Crippen MR) is 77.3 cm³/mol. The molecule has 1 aromatic heterocycles. The Labute approximate surface area is 123 Å². The smallest absolute Gasteiger partial charge is 0.187 e. The molecule has 0 aliphatic heterocycles. The first-order valence-electron chi connectivity index (χ1n) is 5.55. The lowest BCUT2D eigenvalue weighted by Crippen LogP contribution is -2.00. The van der Waals surface area contributed by atoms with E-state index < -0.39 is 0 Å². The van der Waals surface area contributed by atoms with Gasteiger partial charge < -0.3 is 0 Å². The third-order valence-electron chi connectivity index (χ3n) is 2.64. The SMILES string of the molecule is Clc1ccc(Br)c(-n2nnnc2-c2ccccc2)c1. The second-order valence-corrected chi connectivity index (χ2v) is 5.17. The van der Waals surface area contributed by atoms with Crippen molar-refractivity contribution in [3.8, 4) is 17.1 Å². The maximum atomic E-state index is 6.03. The Hall–Kier alpha value is -1.72. The zero-order chi connectivity index (χ0) is 13.2. The fourth-order valence-electron chi connectivity index (χ4n) is 1.76. The lowest BCUT2D eigenvalue weighted by molar-refractivity contribution is 0.789. The maximum Gasteiger partial charge on any atom is 0.187 e. The van der Waals surface area contributed by atoms with Gasteiger partial charge in [-0.15, -0.1) is 5.10 Å². The molecule has 0 spiro atoms. The van der Waals surface area contributed by atoms with Gasteiger partial charge in [-0.2, -0.15) is 4.68 Å². The van der Waals surface area contributed by atoms with Crippen LogP contribution in [0.2, 0.25) is 5.02 Å². The Balaban J connectivity index is 2.18. The van der Waals surface area contributed by atoms with Gasteiger partial charge in [0.05, 0.1) is 5.69 Å². The lowest BCUT2D eigenvalue weighted by atomic mass is 10.2. The molecule has 0 amide bonds. The first-order valence-corrected chi connectivity index (χ1v) is 6.72. The molecule has 3 rings (SSSR count). The summed E-state index contributed by atoms with van der Waals surface area (Å²) in [5, 5.41) is 12.5. The zero-order valence-electron chi connectivity index (χ0n) is 9.66. The van der Waals surface area contributed by atoms with Crippen LogP contribution in [0.3, 0.4) is 0 Å². The molecule has 0 radical (unpaired) electrons. The van der Waals surface area contributed by atoms with Gasteiger partial charge in [-0.25, -0.2) is 0 Å². The van der Waals surface area contributed by atoms with Crippen LogP contribution in [0.25, 0.3) is 17.1 Å². The highest BCUT2D eigenvalue weighted by Gasteiger charge is 2.13. The maximum absolute atomic E-state index is 6.03. The molecule has 0 fully saturated rings. The largest absolute Gasteiger partial charge is 0.192 e. The summed E-state index contributed by atoms with van der Waals surface area (Å²) in [5.41, 5.74) is 1.75. The van der Waals surface area contributed by atoms with Crippen molar-refractivity contribution in [1.29, 1.82) is 0 Å². The molecule has 0 bridgehead atoms. The molecule has 0 aliphatic carbocycles. The number of nitrogens with zero attached hydrogens (tertiary/aromatic N) is 4. The minimum atomic E-state index is 0.632. The van der Waals surface area contributed by atoms with Gasteiger partial charge in [0, 0.05) is 15.1 Å². The second kappa shape index (κ2) is 5.11. The van der Waals surface area contributed by atoms with Crippen LogP contribution in [0.15, 0.2) is 53.0 Å². The third kappa shape index (κ3) is 2.39. The summed E-state index contributed by atoms with van der Waals surface area (Å²) >= 11 is 9.51. The molecule has 0 atom stereocenters. The Morgan fingerprint density at radius 3 is 2.63 bits per heavy atom. The van der Waals surface area contributed by atoms with E-state index in [-0.39, 0.29) is 0 Å². The van der Waals surface area contributed by atoms with E-state index in [1.165, 1.54) is 0 Å². The lowest BCUT2D eigenvalue weighted by Gasteiger charge is -2.07. The molecule has 0 saturated carbocycles. The van der Waals surface area contributed by atoms with E-state index in [0.717, 1.165) is 15.7 Å². The minimum Gasteiger partial charge on any atom is -0.192 e. The Kier molecular flexibility index (Phi) is 3.31. The summed E-state index contributed by atoms with van der Waals surface area (Å²) in [6.45, 7) is 0. The van der Waals surface area contributed by atoms with Crippen LogP contribution in [0.4, 0.5) is 0 Å². The summed E-state index contributed by atoms with van der Waals surface area (Å²) in [7, 11) is 0. The number of tetrazole rings is 1. The second-order valence-electron chi connectivity index (χ2n) is 3.88. The van der Waals surface area contributed by atoms with E-state index in [9.17, 15) is 0 Å². The molecule has 4 nitrogen and oxygen atoms in total. The van der Waals surface area contributed by atoms with Crippen LogP contribution in [-0.2, 0) is 0 Å². The Morgan fingerprint density at radius 2 is 1.84 bits per heavy atom. The minimum absolute atomic E-state index is 0.632. The van der Waals surface area contributed by atoms with E-state index >= 15 is 0 Å². The van der Waals surface area contributed by atoms with E-state index in [4.69, 9.17) is 11.6 Å². The fourth-order valence-corrected chi connectivity index (χ4v) is 2.35. The highest BCUT2D eigenvalue weighted by Crippen LogP contribution is 2.27. The Morgan fingerprint density at radius 1 is 1.05 bits per heavy atom. The van der Waals surface area contributed by atoms with E-state index in [2.05, 4.69) is 31.5 Å². The van der Waals surface area contributed by atoms with Gasteiger partial charge in [-0.1, -0.05) is 41.9 Å². The number of benzene rings is 2. The third-order valence-corrected chi connectivity index (χ3v) is 3.54. The molecule has 2 aromatic carbocycles. The van der Waals surface area contributed by atoms with Crippen molar-refractivity contribution in [2.45, 2.75) is 0 Å². The van der Waals surface area contributed by atoms with Crippen molar-refractivity contribution in [1.82, 2.24) is 20.2 Å². The number of hydrogen-bond donors (Lipinski definition) is 0. The summed E-state index contributed by atoms with van der Waals surface area (Å²) in [6.07, 6.45) is 0. The standard InChI is InChI=1S/C13H8BrClN4/c14-11-7-6-10(15)8-12(11)19-13(16-17-18-19)9-4-2-1-3-5-9/h1-8H. The van der Waals surface area contributed by atoms with Crippen LogP contribution < -0.4 is 0 Å². The zero-order valence-corrected chi connectivity index (χ0v) is 12.0. The molecule has 0 aliphatic rings. The van der Waals surface area contributed by atoms with Crippen LogP contribution in [-0.4, -0.2) is 20.2 Å². The van der Waals surface area contributed by atoms with Gasteiger partial charge in [0.2, 0.25) is 0 Å². The normalized spacial score (nSPS) is 10.6. The van der Waals surface area contributed by atoms with E-state index in [1.807, 2.05) is 48.5 Å². The summed E-state index contributed by atoms with van der Waals surface area (Å²) in [6, 6.07) is 15.3. The van der Waals surface area contributed by atoms with Crippen molar-refractivity contribution in [2.24, 2.45) is 0 Å². The number of aromatic nitrogens is 4. The average Bonchev–Trinajstić information content (AvgIpc) is 2.91. The van der Waals surface area contributed by atoms with E-state index in [1.54, 1.807) is 4.68 Å². The molecule has 0 saturated heterocycles. The Bertz CT molecular complexity index is 712.